The molecule has 0 aliphatic rings. The molecule has 1 N–H and O–H groups in total. The minimum Gasteiger partial charge on any atom is -0.336 e. The molecule has 0 unspecified atom stereocenters. The maximum absolute atomic E-state index is 13.2. The molecular formula is C24H27N5O2. The van der Waals surface area contributed by atoms with Gasteiger partial charge in [-0.15, -0.1) is 0 Å². The number of anilines is 1. The number of nitrogens with one attached hydrogen (secondary N) is 1. The van der Waals surface area contributed by atoms with E-state index in [4.69, 9.17) is 4.52 Å². The molecule has 31 heavy (non-hydrogen) atoms. The van der Waals surface area contributed by atoms with Crippen LogP contribution in [-0.2, 0) is 6.54 Å². The summed E-state index contributed by atoms with van der Waals surface area (Å²) in [5, 5.41) is 7.68. The number of carbonyl (C=O) groups is 1. The summed E-state index contributed by atoms with van der Waals surface area (Å²) in [4.78, 5) is 22.2. The van der Waals surface area contributed by atoms with Crippen molar-refractivity contribution in [1.29, 1.82) is 0 Å². The zero-order valence-corrected chi connectivity index (χ0v) is 18.5. The van der Waals surface area contributed by atoms with Gasteiger partial charge < -0.3 is 14.4 Å². The van der Waals surface area contributed by atoms with E-state index in [1.165, 1.54) is 0 Å². The number of hydrogen-bond acceptors (Lipinski definition) is 5. The van der Waals surface area contributed by atoms with Crippen molar-refractivity contribution < 1.29 is 9.32 Å². The molecular weight excluding hydrogens is 390 g/mol. The number of fused-ring (bicyclic) bond motifs is 1. The van der Waals surface area contributed by atoms with E-state index in [-0.39, 0.29) is 11.8 Å². The number of aromatic nitrogens is 4. The normalized spacial score (nSPS) is 11.6. The van der Waals surface area contributed by atoms with Crippen molar-refractivity contribution in [2.45, 2.75) is 53.0 Å². The molecule has 0 atom stereocenters. The van der Waals surface area contributed by atoms with Crippen molar-refractivity contribution in [2.24, 2.45) is 0 Å². The second-order valence-electron chi connectivity index (χ2n) is 8.42. The van der Waals surface area contributed by atoms with Crippen LogP contribution >= 0.6 is 0 Å². The fourth-order valence-electron chi connectivity index (χ4n) is 3.69. The summed E-state index contributed by atoms with van der Waals surface area (Å²) in [7, 11) is 0. The first-order chi connectivity index (χ1) is 14.8. The molecule has 0 spiro atoms. The lowest BCUT2D eigenvalue weighted by Crippen LogP contribution is -2.14. The molecule has 0 aliphatic heterocycles. The maximum Gasteiger partial charge on any atom is 0.259 e. The van der Waals surface area contributed by atoms with Crippen molar-refractivity contribution >= 4 is 22.7 Å². The molecule has 4 aromatic rings. The monoisotopic (exact) mass is 417 g/mol. The van der Waals surface area contributed by atoms with Gasteiger partial charge in [-0.25, -0.2) is 9.97 Å². The van der Waals surface area contributed by atoms with E-state index < -0.39 is 0 Å². The molecule has 0 bridgehead atoms. The first-order valence-corrected chi connectivity index (χ1v) is 10.5. The second kappa shape index (κ2) is 8.34. The van der Waals surface area contributed by atoms with Crippen LogP contribution in [0.2, 0.25) is 0 Å². The van der Waals surface area contributed by atoms with E-state index in [1.807, 2.05) is 63.5 Å². The van der Waals surface area contributed by atoms with Crippen LogP contribution in [-0.4, -0.2) is 25.6 Å². The Hall–Kier alpha value is -3.48. The summed E-state index contributed by atoms with van der Waals surface area (Å²) in [6, 6.07) is 9.70. The lowest BCUT2D eigenvalue weighted by atomic mass is 10.0. The van der Waals surface area contributed by atoms with E-state index >= 15 is 0 Å². The van der Waals surface area contributed by atoms with Crippen LogP contribution in [0.3, 0.4) is 0 Å². The summed E-state index contributed by atoms with van der Waals surface area (Å²) in [5.74, 6) is 1.34. The highest BCUT2D eigenvalue weighted by molar-refractivity contribution is 6.12. The molecule has 0 radical (unpaired) electrons. The Balaban J connectivity index is 1.62. The Labute approximate surface area is 181 Å². The van der Waals surface area contributed by atoms with Gasteiger partial charge in [-0.1, -0.05) is 45.0 Å². The molecule has 7 heteroatoms. The lowest BCUT2D eigenvalue weighted by Gasteiger charge is -2.12. The number of carbonyl (C=O) groups excluding carboxylic acids is 1. The smallest absolute Gasteiger partial charge is 0.259 e. The molecule has 0 saturated heterocycles. The predicted molar refractivity (Wildman–Crippen MR) is 120 cm³/mol. The van der Waals surface area contributed by atoms with Crippen molar-refractivity contribution in [3.8, 4) is 0 Å². The highest BCUT2D eigenvalue weighted by atomic mass is 16.5. The molecule has 0 aliphatic carbocycles. The Kier molecular flexibility index (Phi) is 5.59. The fraction of sp³-hybridized carbons (Fsp3) is 0.333. The third kappa shape index (κ3) is 4.21. The number of rotatable bonds is 6. The van der Waals surface area contributed by atoms with Gasteiger partial charge in [-0.2, -0.15) is 0 Å². The molecule has 0 saturated carbocycles. The van der Waals surface area contributed by atoms with Crippen LogP contribution in [0.4, 0.5) is 5.69 Å². The molecule has 7 nitrogen and oxygen atoms in total. The zero-order valence-electron chi connectivity index (χ0n) is 18.5. The number of benzene rings is 1. The van der Waals surface area contributed by atoms with Crippen LogP contribution in [0, 0.1) is 6.92 Å². The quantitative estimate of drug-likeness (QED) is 0.461. The van der Waals surface area contributed by atoms with Crippen molar-refractivity contribution in [3.05, 3.63) is 71.1 Å². The van der Waals surface area contributed by atoms with Gasteiger partial charge in [0.25, 0.3) is 11.6 Å². The SMILES string of the molecule is Cc1noc2nc(C(C)C)cc(C(=O)Nc3cccc(Cn4ccnc4C(C)C)c3)c12. The van der Waals surface area contributed by atoms with Gasteiger partial charge in [-0.3, -0.25) is 4.79 Å². The minimum atomic E-state index is -0.205. The largest absolute Gasteiger partial charge is 0.336 e. The summed E-state index contributed by atoms with van der Waals surface area (Å²) in [6.07, 6.45) is 3.81. The first-order valence-electron chi connectivity index (χ1n) is 10.5. The summed E-state index contributed by atoms with van der Waals surface area (Å²) in [6.45, 7) is 10.8. The first kappa shape index (κ1) is 20.8. The summed E-state index contributed by atoms with van der Waals surface area (Å²) < 4.78 is 7.47. The van der Waals surface area contributed by atoms with E-state index in [2.05, 4.69) is 38.9 Å². The van der Waals surface area contributed by atoms with Crippen molar-refractivity contribution in [3.63, 3.8) is 0 Å². The molecule has 3 aromatic heterocycles. The maximum atomic E-state index is 13.2. The van der Waals surface area contributed by atoms with Crippen LogP contribution in [0.15, 0.2) is 47.2 Å². The van der Waals surface area contributed by atoms with Crippen LogP contribution < -0.4 is 5.32 Å². The van der Waals surface area contributed by atoms with E-state index in [9.17, 15) is 4.79 Å². The van der Waals surface area contributed by atoms with E-state index in [0.29, 0.717) is 34.8 Å². The Morgan fingerprint density at radius 3 is 2.71 bits per heavy atom. The zero-order chi connectivity index (χ0) is 22.1. The lowest BCUT2D eigenvalue weighted by molar-refractivity contribution is 0.102. The standard InChI is InChI=1S/C24H27N5O2/c1-14(2)20-12-19(21-16(5)28-31-24(21)27-20)23(30)26-18-8-6-7-17(11-18)13-29-10-9-25-22(29)15(3)4/h6-12,14-15H,13H2,1-5H3,(H,26,30). The molecule has 1 aromatic carbocycles. The van der Waals surface area contributed by atoms with Gasteiger partial charge in [0.15, 0.2) is 0 Å². The molecule has 0 fully saturated rings. The number of nitrogens with zero attached hydrogens (tertiary/aromatic N) is 4. The summed E-state index contributed by atoms with van der Waals surface area (Å²) in [5.41, 5.74) is 4.18. The van der Waals surface area contributed by atoms with E-state index in [1.54, 1.807) is 0 Å². The minimum absolute atomic E-state index is 0.162. The van der Waals surface area contributed by atoms with Crippen LogP contribution in [0.5, 0.6) is 0 Å². The number of imidazole rings is 1. The Bertz CT molecular complexity index is 1240. The van der Waals surface area contributed by atoms with Crippen molar-refractivity contribution in [1.82, 2.24) is 19.7 Å². The Morgan fingerprint density at radius 1 is 1.16 bits per heavy atom. The van der Waals surface area contributed by atoms with Crippen LogP contribution in [0.1, 0.15) is 72.7 Å². The molecule has 160 valence electrons. The average molecular weight is 418 g/mol. The van der Waals surface area contributed by atoms with Crippen molar-refractivity contribution in [2.75, 3.05) is 5.32 Å². The van der Waals surface area contributed by atoms with Gasteiger partial charge in [0.1, 0.15) is 5.82 Å². The number of amides is 1. The topological polar surface area (TPSA) is 85.8 Å². The highest BCUT2D eigenvalue weighted by Crippen LogP contribution is 2.26. The third-order valence-corrected chi connectivity index (χ3v) is 5.27. The van der Waals surface area contributed by atoms with Gasteiger partial charge in [0.2, 0.25) is 0 Å². The molecule has 3 heterocycles. The Morgan fingerprint density at radius 2 is 1.97 bits per heavy atom. The second-order valence-corrected chi connectivity index (χ2v) is 8.42. The molecule has 1 amide bonds. The van der Waals surface area contributed by atoms with Gasteiger partial charge >= 0.3 is 0 Å². The predicted octanol–water partition coefficient (Wildman–Crippen LogP) is 5.28. The van der Waals surface area contributed by atoms with Crippen LogP contribution in [0.25, 0.3) is 11.1 Å². The van der Waals surface area contributed by atoms with Gasteiger partial charge in [0.05, 0.1) is 16.6 Å². The fourth-order valence-corrected chi connectivity index (χ4v) is 3.69. The van der Waals surface area contributed by atoms with Gasteiger partial charge in [-0.05, 0) is 36.6 Å². The number of aryl methyl sites for hydroxylation is 1. The average Bonchev–Trinajstić information content (AvgIpc) is 3.34. The third-order valence-electron chi connectivity index (χ3n) is 5.27. The number of pyridine rings is 1. The number of hydrogen-bond donors (Lipinski definition) is 1. The highest BCUT2D eigenvalue weighted by Gasteiger charge is 2.20. The summed E-state index contributed by atoms with van der Waals surface area (Å²) >= 11 is 0. The van der Waals surface area contributed by atoms with Gasteiger partial charge in [0, 0.05) is 36.2 Å². The molecule has 4 rings (SSSR count). The van der Waals surface area contributed by atoms with E-state index in [0.717, 1.165) is 22.8 Å².